The number of nitrogens with one attached hydrogen (secondary N) is 1. The van der Waals surface area contributed by atoms with Crippen molar-refractivity contribution in [2.45, 2.75) is 32.6 Å². The van der Waals surface area contributed by atoms with E-state index in [1.165, 1.54) is 0 Å². The summed E-state index contributed by atoms with van der Waals surface area (Å²) in [6.07, 6.45) is -0.0140. The Hall–Kier alpha value is -1.59. The summed E-state index contributed by atoms with van der Waals surface area (Å²) in [6, 6.07) is 7.26. The lowest BCUT2D eigenvalue weighted by molar-refractivity contribution is -0.137. The number of ether oxygens (including phenoxy) is 3. The van der Waals surface area contributed by atoms with Gasteiger partial charge in [-0.2, -0.15) is 0 Å². The fraction of sp³-hybridized carbons (Fsp3) is 0.562. The summed E-state index contributed by atoms with van der Waals surface area (Å²) in [7, 11) is 4.76. The van der Waals surface area contributed by atoms with Gasteiger partial charge in [-0.05, 0) is 24.3 Å². The van der Waals surface area contributed by atoms with Gasteiger partial charge in [-0.1, -0.05) is 13.8 Å². The maximum atomic E-state index is 12.0. The molecule has 0 unspecified atom stereocenters. The molecular weight excluding hydrogens is 270 g/mol. The first-order valence-corrected chi connectivity index (χ1v) is 7.06. The molecule has 2 atom stereocenters. The van der Waals surface area contributed by atoms with E-state index in [4.69, 9.17) is 14.2 Å². The van der Waals surface area contributed by atoms with Gasteiger partial charge in [0.25, 0.3) is 0 Å². The number of hydrogen-bond donors (Lipinski definition) is 1. The van der Waals surface area contributed by atoms with Crippen LogP contribution < -0.4 is 10.1 Å². The Kier molecular flexibility index (Phi) is 7.19. The number of ketones is 1. The molecule has 118 valence electrons. The highest BCUT2D eigenvalue weighted by Crippen LogP contribution is 2.21. The fourth-order valence-electron chi connectivity index (χ4n) is 2.22. The highest BCUT2D eigenvalue weighted by atomic mass is 16.7. The molecule has 0 aliphatic rings. The average Bonchev–Trinajstić information content (AvgIpc) is 2.54. The van der Waals surface area contributed by atoms with Crippen molar-refractivity contribution in [3.63, 3.8) is 0 Å². The highest BCUT2D eigenvalue weighted by molar-refractivity contribution is 5.81. The fourth-order valence-corrected chi connectivity index (χ4v) is 2.22. The molecule has 0 saturated heterocycles. The van der Waals surface area contributed by atoms with E-state index >= 15 is 0 Å². The van der Waals surface area contributed by atoms with Crippen LogP contribution in [0.5, 0.6) is 5.75 Å². The van der Waals surface area contributed by atoms with Gasteiger partial charge in [-0.25, -0.2) is 0 Å². The molecule has 0 aliphatic carbocycles. The van der Waals surface area contributed by atoms with E-state index in [1.54, 1.807) is 21.3 Å². The molecule has 1 N–H and O–H groups in total. The Labute approximate surface area is 126 Å². The van der Waals surface area contributed by atoms with Crippen LogP contribution in [0.2, 0.25) is 0 Å². The van der Waals surface area contributed by atoms with Crippen LogP contribution in [0.3, 0.4) is 0 Å². The van der Waals surface area contributed by atoms with Gasteiger partial charge in [0.05, 0.1) is 13.2 Å². The van der Waals surface area contributed by atoms with E-state index in [0.29, 0.717) is 6.42 Å². The Balaban J connectivity index is 2.92. The minimum atomic E-state index is -0.502. The summed E-state index contributed by atoms with van der Waals surface area (Å²) >= 11 is 0. The summed E-state index contributed by atoms with van der Waals surface area (Å²) < 4.78 is 15.8. The van der Waals surface area contributed by atoms with Crippen molar-refractivity contribution in [1.29, 1.82) is 0 Å². The second-order valence-electron chi connectivity index (χ2n) is 4.85. The van der Waals surface area contributed by atoms with Crippen LogP contribution in [0.1, 0.15) is 20.3 Å². The molecule has 1 aromatic rings. The number of anilines is 1. The molecule has 0 radical (unpaired) electrons. The molecule has 1 aromatic carbocycles. The van der Waals surface area contributed by atoms with Gasteiger partial charge < -0.3 is 19.5 Å². The number of carbonyl (C=O) groups is 1. The summed E-state index contributed by atoms with van der Waals surface area (Å²) in [5.41, 5.74) is 0.885. The number of benzene rings is 1. The lowest BCUT2D eigenvalue weighted by Gasteiger charge is -2.30. The number of carbonyl (C=O) groups excluding carboxylic acids is 1. The number of methoxy groups -OCH3 is 3. The van der Waals surface area contributed by atoms with E-state index in [0.717, 1.165) is 11.4 Å². The Morgan fingerprint density at radius 1 is 1.14 bits per heavy atom. The zero-order chi connectivity index (χ0) is 15.8. The van der Waals surface area contributed by atoms with Crippen LogP contribution in [0.25, 0.3) is 0 Å². The summed E-state index contributed by atoms with van der Waals surface area (Å²) in [4.78, 5) is 12.0. The topological polar surface area (TPSA) is 56.8 Å². The van der Waals surface area contributed by atoms with Crippen molar-refractivity contribution in [1.82, 2.24) is 0 Å². The maximum absolute atomic E-state index is 12.0. The molecule has 0 amide bonds. The van der Waals surface area contributed by atoms with E-state index in [1.807, 2.05) is 38.1 Å². The van der Waals surface area contributed by atoms with Crippen LogP contribution in [-0.2, 0) is 14.3 Å². The minimum absolute atomic E-state index is 0.167. The average molecular weight is 295 g/mol. The molecule has 1 rings (SSSR count). The smallest absolute Gasteiger partial charge is 0.177 e. The molecule has 0 spiro atoms. The minimum Gasteiger partial charge on any atom is -0.497 e. The Bertz CT molecular complexity index is 428. The summed E-state index contributed by atoms with van der Waals surface area (Å²) in [6.45, 7) is 3.75. The van der Waals surface area contributed by atoms with Gasteiger partial charge in [-0.15, -0.1) is 0 Å². The first-order valence-electron chi connectivity index (χ1n) is 7.06. The molecule has 0 saturated carbocycles. The zero-order valence-electron chi connectivity index (χ0n) is 13.4. The molecule has 0 fully saturated rings. The molecule has 21 heavy (non-hydrogen) atoms. The van der Waals surface area contributed by atoms with Crippen molar-refractivity contribution in [2.75, 3.05) is 26.6 Å². The zero-order valence-corrected chi connectivity index (χ0v) is 13.4. The van der Waals surface area contributed by atoms with Crippen molar-refractivity contribution in [2.24, 2.45) is 5.92 Å². The van der Waals surface area contributed by atoms with E-state index in [2.05, 4.69) is 5.32 Å². The molecule has 5 nitrogen and oxygen atoms in total. The van der Waals surface area contributed by atoms with Crippen LogP contribution in [0.4, 0.5) is 5.69 Å². The van der Waals surface area contributed by atoms with Crippen molar-refractivity contribution in [3.8, 4) is 5.75 Å². The second-order valence-corrected chi connectivity index (χ2v) is 4.85. The number of Topliss-reactive ketones (excluding diaryl/α,β-unsaturated/α-hetero) is 1. The summed E-state index contributed by atoms with van der Waals surface area (Å²) in [5, 5.41) is 3.32. The van der Waals surface area contributed by atoms with Crippen molar-refractivity contribution in [3.05, 3.63) is 24.3 Å². The predicted molar refractivity (Wildman–Crippen MR) is 82.7 cm³/mol. The molecule has 0 aromatic heterocycles. The second kappa shape index (κ2) is 8.64. The van der Waals surface area contributed by atoms with E-state index < -0.39 is 6.29 Å². The quantitative estimate of drug-likeness (QED) is 0.710. The van der Waals surface area contributed by atoms with E-state index in [-0.39, 0.29) is 17.7 Å². The SMILES string of the molecule is CCC(=O)[C@@H](C)[C@H](Nc1ccc(OC)cc1)C(OC)OC. The first-order chi connectivity index (χ1) is 10.1. The van der Waals surface area contributed by atoms with E-state index in [9.17, 15) is 4.79 Å². The first kappa shape index (κ1) is 17.5. The third kappa shape index (κ3) is 4.72. The standard InChI is InChI=1S/C16H25NO4/c1-6-14(18)11(2)15(16(20-4)21-5)17-12-7-9-13(19-3)10-8-12/h7-11,15-17H,6H2,1-5H3/t11-,15+/m1/s1. The van der Waals surface area contributed by atoms with Crippen molar-refractivity contribution < 1.29 is 19.0 Å². The van der Waals surface area contributed by atoms with Gasteiger partial charge in [0.2, 0.25) is 0 Å². The predicted octanol–water partition coefficient (Wildman–Crippen LogP) is 2.71. The maximum Gasteiger partial charge on any atom is 0.177 e. The van der Waals surface area contributed by atoms with Crippen LogP contribution in [0.15, 0.2) is 24.3 Å². The van der Waals surface area contributed by atoms with Gasteiger partial charge >= 0.3 is 0 Å². The highest BCUT2D eigenvalue weighted by Gasteiger charge is 2.30. The lowest BCUT2D eigenvalue weighted by atomic mass is 9.94. The molecule has 0 heterocycles. The van der Waals surface area contributed by atoms with Crippen LogP contribution >= 0.6 is 0 Å². The Morgan fingerprint density at radius 3 is 2.14 bits per heavy atom. The third-order valence-electron chi connectivity index (χ3n) is 3.58. The molecular formula is C16H25NO4. The molecule has 5 heteroatoms. The summed E-state index contributed by atoms with van der Waals surface area (Å²) in [5.74, 6) is 0.729. The molecule has 0 aliphatic heterocycles. The monoisotopic (exact) mass is 295 g/mol. The van der Waals surface area contributed by atoms with Gasteiger partial charge in [-0.3, -0.25) is 4.79 Å². The van der Waals surface area contributed by atoms with Crippen LogP contribution in [-0.4, -0.2) is 39.4 Å². The third-order valence-corrected chi connectivity index (χ3v) is 3.58. The normalized spacial score (nSPS) is 13.8. The van der Waals surface area contributed by atoms with Crippen molar-refractivity contribution >= 4 is 11.5 Å². The number of hydrogen-bond acceptors (Lipinski definition) is 5. The molecule has 0 bridgehead atoms. The van der Waals surface area contributed by atoms with Crippen LogP contribution in [0, 0.1) is 5.92 Å². The van der Waals surface area contributed by atoms with Gasteiger partial charge in [0.15, 0.2) is 6.29 Å². The van der Waals surface area contributed by atoms with Gasteiger partial charge in [0.1, 0.15) is 11.5 Å². The number of rotatable bonds is 9. The van der Waals surface area contributed by atoms with Gasteiger partial charge in [0, 0.05) is 32.2 Å². The lowest BCUT2D eigenvalue weighted by Crippen LogP contribution is -2.44. The largest absolute Gasteiger partial charge is 0.497 e. The Morgan fingerprint density at radius 2 is 1.71 bits per heavy atom.